The summed E-state index contributed by atoms with van der Waals surface area (Å²) in [5, 5.41) is 3.35. The van der Waals surface area contributed by atoms with Crippen LogP contribution in [-0.2, 0) is 4.79 Å². The molecule has 16 heavy (non-hydrogen) atoms. The van der Waals surface area contributed by atoms with Crippen LogP contribution in [0, 0.1) is 10.8 Å². The molecule has 90 valence electrons. The summed E-state index contributed by atoms with van der Waals surface area (Å²) in [5.74, 6) is 0.444. The van der Waals surface area contributed by atoms with E-state index < -0.39 is 0 Å². The van der Waals surface area contributed by atoms with Crippen LogP contribution in [0.3, 0.4) is 0 Å². The molecule has 1 fully saturated rings. The maximum absolute atomic E-state index is 12.7. The normalized spacial score (nSPS) is 25.6. The average molecular weight is 221 g/mol. The van der Waals surface area contributed by atoms with Gasteiger partial charge < -0.3 is 5.32 Å². The number of allylic oxidation sites excluding steroid dienone is 2. The summed E-state index contributed by atoms with van der Waals surface area (Å²) >= 11 is 0. The van der Waals surface area contributed by atoms with E-state index in [2.05, 4.69) is 33.0 Å². The van der Waals surface area contributed by atoms with E-state index in [0.717, 1.165) is 37.9 Å². The van der Waals surface area contributed by atoms with E-state index in [-0.39, 0.29) is 10.8 Å². The Morgan fingerprint density at radius 3 is 2.19 bits per heavy atom. The molecule has 2 aliphatic rings. The Kier molecular flexibility index (Phi) is 2.73. The maximum atomic E-state index is 12.7. The highest BCUT2D eigenvalue weighted by molar-refractivity contribution is 6.04. The van der Waals surface area contributed by atoms with Gasteiger partial charge in [0.05, 0.1) is 0 Å². The minimum absolute atomic E-state index is 0.00947. The Bertz CT molecular complexity index is 340. The van der Waals surface area contributed by atoms with E-state index in [0.29, 0.717) is 5.78 Å². The quantitative estimate of drug-likeness (QED) is 0.681. The van der Waals surface area contributed by atoms with E-state index in [1.165, 1.54) is 5.57 Å². The third kappa shape index (κ3) is 1.73. The summed E-state index contributed by atoms with van der Waals surface area (Å²) in [6.45, 7) is 10.6. The van der Waals surface area contributed by atoms with Crippen LogP contribution in [0.25, 0.3) is 0 Å². The van der Waals surface area contributed by atoms with Crippen LogP contribution in [0.15, 0.2) is 11.1 Å². The Labute approximate surface area is 98.5 Å². The van der Waals surface area contributed by atoms with Gasteiger partial charge in [-0.15, -0.1) is 0 Å². The van der Waals surface area contributed by atoms with Crippen molar-refractivity contribution in [2.24, 2.45) is 10.8 Å². The number of hydrogen-bond acceptors (Lipinski definition) is 2. The molecule has 0 radical (unpaired) electrons. The molecule has 1 N–H and O–H groups in total. The second-order valence-electron chi connectivity index (χ2n) is 6.44. The monoisotopic (exact) mass is 221 g/mol. The topological polar surface area (TPSA) is 29.1 Å². The lowest BCUT2D eigenvalue weighted by Crippen LogP contribution is -2.41. The van der Waals surface area contributed by atoms with Gasteiger partial charge in [-0.2, -0.15) is 0 Å². The molecule has 0 aromatic heterocycles. The van der Waals surface area contributed by atoms with Crippen molar-refractivity contribution in [2.75, 3.05) is 13.1 Å². The van der Waals surface area contributed by atoms with Crippen molar-refractivity contribution >= 4 is 5.78 Å². The summed E-state index contributed by atoms with van der Waals surface area (Å²) in [4.78, 5) is 12.7. The van der Waals surface area contributed by atoms with E-state index in [1.54, 1.807) is 0 Å². The van der Waals surface area contributed by atoms with Gasteiger partial charge in [-0.1, -0.05) is 26.3 Å². The molecule has 0 aromatic rings. The van der Waals surface area contributed by atoms with E-state index in [9.17, 15) is 4.79 Å². The van der Waals surface area contributed by atoms with Gasteiger partial charge >= 0.3 is 0 Å². The third-order valence-corrected chi connectivity index (χ3v) is 4.05. The van der Waals surface area contributed by atoms with Crippen molar-refractivity contribution in [3.05, 3.63) is 11.1 Å². The van der Waals surface area contributed by atoms with Crippen molar-refractivity contribution in [3.63, 3.8) is 0 Å². The number of carbonyl (C=O) groups excluding carboxylic acids is 1. The molecule has 2 rings (SSSR count). The van der Waals surface area contributed by atoms with Crippen molar-refractivity contribution in [1.29, 1.82) is 0 Å². The highest BCUT2D eigenvalue weighted by Gasteiger charge is 2.48. The summed E-state index contributed by atoms with van der Waals surface area (Å²) in [6.07, 6.45) is 3.03. The molecule has 0 aromatic carbocycles. The number of piperidine rings is 1. The largest absolute Gasteiger partial charge is 0.317 e. The first kappa shape index (κ1) is 11.8. The van der Waals surface area contributed by atoms with Gasteiger partial charge in [0, 0.05) is 11.0 Å². The maximum Gasteiger partial charge on any atom is 0.165 e. The summed E-state index contributed by atoms with van der Waals surface area (Å²) < 4.78 is 0. The standard InChI is InChI=1S/C14H23NO/c1-10-9-14(5-7-15-8-6-14)12(16)11(10)13(2,3)4/h15H,5-9H2,1-4H3. The number of carbonyl (C=O) groups is 1. The fourth-order valence-corrected chi connectivity index (χ4v) is 3.43. The van der Waals surface area contributed by atoms with Crippen LogP contribution >= 0.6 is 0 Å². The Morgan fingerprint density at radius 2 is 1.75 bits per heavy atom. The van der Waals surface area contributed by atoms with Crippen LogP contribution in [0.4, 0.5) is 0 Å². The van der Waals surface area contributed by atoms with E-state index >= 15 is 0 Å². The smallest absolute Gasteiger partial charge is 0.165 e. The molecule has 0 amide bonds. The molecule has 0 unspecified atom stereocenters. The zero-order valence-electron chi connectivity index (χ0n) is 10.9. The zero-order chi connectivity index (χ0) is 12.0. The predicted octanol–water partition coefficient (Wildman–Crippen LogP) is 2.69. The molecule has 1 spiro atoms. The van der Waals surface area contributed by atoms with Gasteiger partial charge in [-0.3, -0.25) is 4.79 Å². The van der Waals surface area contributed by atoms with Crippen molar-refractivity contribution in [1.82, 2.24) is 5.32 Å². The molecule has 1 saturated heterocycles. The zero-order valence-corrected chi connectivity index (χ0v) is 10.9. The number of nitrogens with one attached hydrogen (secondary N) is 1. The van der Waals surface area contributed by atoms with Gasteiger partial charge in [0.1, 0.15) is 0 Å². The minimum atomic E-state index is -0.0437. The Balaban J connectivity index is 2.31. The number of ketones is 1. The first-order valence-electron chi connectivity index (χ1n) is 6.33. The van der Waals surface area contributed by atoms with Crippen LogP contribution in [0.1, 0.15) is 47.0 Å². The first-order chi connectivity index (χ1) is 7.37. The molecular weight excluding hydrogens is 198 g/mol. The molecule has 2 nitrogen and oxygen atoms in total. The molecule has 1 aliphatic heterocycles. The number of hydrogen-bond donors (Lipinski definition) is 1. The van der Waals surface area contributed by atoms with Crippen molar-refractivity contribution in [2.45, 2.75) is 47.0 Å². The van der Waals surface area contributed by atoms with Gasteiger partial charge in [0.15, 0.2) is 5.78 Å². The molecule has 1 aliphatic carbocycles. The van der Waals surface area contributed by atoms with Gasteiger partial charge in [0.25, 0.3) is 0 Å². The summed E-state index contributed by atoms with van der Waals surface area (Å²) in [5.41, 5.74) is 2.40. The van der Waals surface area contributed by atoms with Crippen LogP contribution in [0.5, 0.6) is 0 Å². The molecule has 1 heterocycles. The van der Waals surface area contributed by atoms with Gasteiger partial charge in [-0.25, -0.2) is 0 Å². The lowest BCUT2D eigenvalue weighted by atomic mass is 9.72. The van der Waals surface area contributed by atoms with Crippen molar-refractivity contribution < 1.29 is 4.79 Å². The van der Waals surface area contributed by atoms with Crippen LogP contribution in [0.2, 0.25) is 0 Å². The molecular formula is C14H23NO. The SMILES string of the molecule is CC1=C(C(C)(C)C)C(=O)C2(CCNCC2)C1. The molecule has 0 saturated carbocycles. The Morgan fingerprint density at radius 1 is 1.19 bits per heavy atom. The van der Waals surface area contributed by atoms with Gasteiger partial charge in [-0.05, 0) is 44.7 Å². The van der Waals surface area contributed by atoms with Crippen LogP contribution in [-0.4, -0.2) is 18.9 Å². The minimum Gasteiger partial charge on any atom is -0.317 e. The van der Waals surface area contributed by atoms with Gasteiger partial charge in [0.2, 0.25) is 0 Å². The van der Waals surface area contributed by atoms with E-state index in [4.69, 9.17) is 0 Å². The summed E-state index contributed by atoms with van der Waals surface area (Å²) in [7, 11) is 0. The third-order valence-electron chi connectivity index (χ3n) is 4.05. The predicted molar refractivity (Wildman–Crippen MR) is 66.3 cm³/mol. The highest BCUT2D eigenvalue weighted by atomic mass is 16.1. The Hall–Kier alpha value is -0.630. The first-order valence-corrected chi connectivity index (χ1v) is 6.33. The van der Waals surface area contributed by atoms with Crippen molar-refractivity contribution in [3.8, 4) is 0 Å². The lowest BCUT2D eigenvalue weighted by molar-refractivity contribution is -0.125. The molecule has 2 heteroatoms. The lowest BCUT2D eigenvalue weighted by Gasteiger charge is -2.34. The second kappa shape index (κ2) is 3.69. The molecule has 0 atom stereocenters. The highest BCUT2D eigenvalue weighted by Crippen LogP contribution is 2.49. The fourth-order valence-electron chi connectivity index (χ4n) is 3.43. The summed E-state index contributed by atoms with van der Waals surface area (Å²) in [6, 6.07) is 0. The molecule has 0 bridgehead atoms. The number of Topliss-reactive ketones (excluding diaryl/α,β-unsaturated/α-hetero) is 1. The second-order valence-corrected chi connectivity index (χ2v) is 6.44. The van der Waals surface area contributed by atoms with E-state index in [1.807, 2.05) is 0 Å². The fraction of sp³-hybridized carbons (Fsp3) is 0.786. The van der Waals surface area contributed by atoms with Crippen LogP contribution < -0.4 is 5.32 Å². The number of rotatable bonds is 0. The average Bonchev–Trinajstić information content (AvgIpc) is 2.38.